The summed E-state index contributed by atoms with van der Waals surface area (Å²) < 4.78 is 6.04. The molecule has 1 spiro atoms. The van der Waals surface area contributed by atoms with Crippen molar-refractivity contribution >= 4 is 12.4 Å². The molecule has 0 aromatic heterocycles. The van der Waals surface area contributed by atoms with E-state index in [9.17, 15) is 5.11 Å². The van der Waals surface area contributed by atoms with Gasteiger partial charge in [0.15, 0.2) is 0 Å². The second-order valence-corrected chi connectivity index (χ2v) is 4.47. The van der Waals surface area contributed by atoms with Crippen molar-refractivity contribution in [1.82, 2.24) is 5.32 Å². The first kappa shape index (κ1) is 11.6. The van der Waals surface area contributed by atoms with Crippen LogP contribution in [0.2, 0.25) is 0 Å². The third kappa shape index (κ3) is 1.74. The lowest BCUT2D eigenvalue weighted by Gasteiger charge is -2.35. The van der Waals surface area contributed by atoms with Crippen LogP contribution in [0.15, 0.2) is 18.2 Å². The monoisotopic (exact) mass is 241 g/mol. The Bertz CT molecular complexity index is 389. The van der Waals surface area contributed by atoms with Crippen molar-refractivity contribution in [3.05, 3.63) is 23.8 Å². The Labute approximate surface area is 101 Å². The Hall–Kier alpha value is -0.930. The van der Waals surface area contributed by atoms with Gasteiger partial charge in [-0.25, -0.2) is 0 Å². The van der Waals surface area contributed by atoms with Crippen LogP contribution in [0.4, 0.5) is 0 Å². The number of hydrogen-bond donors (Lipinski definition) is 2. The number of aromatic hydroxyl groups is 1. The summed E-state index contributed by atoms with van der Waals surface area (Å²) >= 11 is 0. The largest absolute Gasteiger partial charge is 0.508 e. The third-order valence-corrected chi connectivity index (χ3v) is 3.47. The van der Waals surface area contributed by atoms with Crippen molar-refractivity contribution in [1.29, 1.82) is 0 Å². The highest BCUT2D eigenvalue weighted by atomic mass is 35.5. The molecule has 1 unspecified atom stereocenters. The van der Waals surface area contributed by atoms with Gasteiger partial charge in [-0.05, 0) is 31.5 Å². The van der Waals surface area contributed by atoms with Gasteiger partial charge >= 0.3 is 0 Å². The van der Waals surface area contributed by atoms with Crippen LogP contribution in [-0.2, 0) is 6.42 Å². The summed E-state index contributed by atoms with van der Waals surface area (Å²) in [6, 6.07) is 5.52. The maximum Gasteiger partial charge on any atom is 0.127 e. The average Bonchev–Trinajstić information content (AvgIpc) is 2.66. The normalized spacial score (nSPS) is 27.0. The Kier molecular flexibility index (Phi) is 3.00. The van der Waals surface area contributed by atoms with Crippen molar-refractivity contribution < 1.29 is 9.84 Å². The number of nitrogens with one attached hydrogen (secondary N) is 1. The van der Waals surface area contributed by atoms with E-state index < -0.39 is 0 Å². The van der Waals surface area contributed by atoms with E-state index >= 15 is 0 Å². The molecule has 2 heterocycles. The molecule has 2 N–H and O–H groups in total. The highest BCUT2D eigenvalue weighted by Crippen LogP contribution is 2.39. The van der Waals surface area contributed by atoms with Crippen LogP contribution in [0, 0.1) is 0 Å². The first-order valence-electron chi connectivity index (χ1n) is 5.50. The molecule has 1 fully saturated rings. The van der Waals surface area contributed by atoms with E-state index in [0.29, 0.717) is 5.75 Å². The molecule has 0 aliphatic carbocycles. The number of benzene rings is 1. The van der Waals surface area contributed by atoms with Crippen LogP contribution in [-0.4, -0.2) is 23.8 Å². The molecule has 0 amide bonds. The maximum absolute atomic E-state index is 9.69. The van der Waals surface area contributed by atoms with E-state index in [4.69, 9.17) is 4.74 Å². The van der Waals surface area contributed by atoms with Crippen LogP contribution in [0.5, 0.6) is 11.5 Å². The van der Waals surface area contributed by atoms with Gasteiger partial charge < -0.3 is 15.2 Å². The second kappa shape index (κ2) is 4.15. The maximum atomic E-state index is 9.69. The molecular formula is C12H16ClNO2. The fourth-order valence-corrected chi connectivity index (χ4v) is 2.56. The van der Waals surface area contributed by atoms with E-state index in [-0.39, 0.29) is 18.0 Å². The minimum Gasteiger partial charge on any atom is -0.508 e. The van der Waals surface area contributed by atoms with E-state index in [0.717, 1.165) is 43.7 Å². The SMILES string of the molecule is Cl.Oc1cccc2c1CCC1(CCNC1)O2. The molecule has 1 saturated heterocycles. The number of phenols is 1. The number of fused-ring (bicyclic) bond motifs is 1. The molecule has 4 heteroatoms. The van der Waals surface area contributed by atoms with Gasteiger partial charge in [-0.15, -0.1) is 12.4 Å². The molecule has 3 rings (SSSR count). The lowest BCUT2D eigenvalue weighted by Crippen LogP contribution is -2.41. The number of rotatable bonds is 0. The summed E-state index contributed by atoms with van der Waals surface area (Å²) in [6.07, 6.45) is 3.00. The summed E-state index contributed by atoms with van der Waals surface area (Å²) in [5.41, 5.74) is 0.955. The van der Waals surface area contributed by atoms with Crippen LogP contribution in [0.3, 0.4) is 0 Å². The minimum atomic E-state index is -0.0131. The van der Waals surface area contributed by atoms with E-state index in [2.05, 4.69) is 5.32 Å². The van der Waals surface area contributed by atoms with Crippen molar-refractivity contribution in [2.75, 3.05) is 13.1 Å². The van der Waals surface area contributed by atoms with Crippen molar-refractivity contribution in [3.8, 4) is 11.5 Å². The number of ether oxygens (including phenoxy) is 1. The molecule has 16 heavy (non-hydrogen) atoms. The van der Waals surface area contributed by atoms with Gasteiger partial charge in [0.1, 0.15) is 17.1 Å². The van der Waals surface area contributed by atoms with Gasteiger partial charge in [-0.3, -0.25) is 0 Å². The quantitative estimate of drug-likeness (QED) is 0.729. The third-order valence-electron chi connectivity index (χ3n) is 3.47. The zero-order valence-corrected chi connectivity index (χ0v) is 9.85. The lowest BCUT2D eigenvalue weighted by molar-refractivity contribution is 0.0656. The Balaban J connectivity index is 0.000000963. The van der Waals surface area contributed by atoms with Gasteiger partial charge in [-0.2, -0.15) is 0 Å². The summed E-state index contributed by atoms with van der Waals surface area (Å²) in [6.45, 7) is 1.97. The van der Waals surface area contributed by atoms with E-state index in [1.54, 1.807) is 6.07 Å². The lowest BCUT2D eigenvalue weighted by atomic mass is 9.90. The number of halogens is 1. The summed E-state index contributed by atoms with van der Waals surface area (Å²) in [5.74, 6) is 1.23. The molecule has 88 valence electrons. The Morgan fingerprint density at radius 1 is 1.31 bits per heavy atom. The topological polar surface area (TPSA) is 41.5 Å². The van der Waals surface area contributed by atoms with Crippen molar-refractivity contribution in [3.63, 3.8) is 0 Å². The highest BCUT2D eigenvalue weighted by molar-refractivity contribution is 5.85. The fraction of sp³-hybridized carbons (Fsp3) is 0.500. The molecule has 2 aliphatic heterocycles. The van der Waals surface area contributed by atoms with Gasteiger partial charge in [0.2, 0.25) is 0 Å². The summed E-state index contributed by atoms with van der Waals surface area (Å²) in [7, 11) is 0. The predicted octanol–water partition coefficient (Wildman–Crippen LogP) is 1.87. The first-order chi connectivity index (χ1) is 7.29. The number of hydrogen-bond acceptors (Lipinski definition) is 3. The molecule has 0 radical (unpaired) electrons. The Morgan fingerprint density at radius 3 is 2.94 bits per heavy atom. The van der Waals surface area contributed by atoms with Crippen LogP contribution < -0.4 is 10.1 Å². The second-order valence-electron chi connectivity index (χ2n) is 4.47. The van der Waals surface area contributed by atoms with Crippen LogP contribution in [0.1, 0.15) is 18.4 Å². The molecule has 1 aromatic carbocycles. The number of phenolic OH excluding ortho intramolecular Hbond substituents is 1. The first-order valence-corrected chi connectivity index (χ1v) is 5.50. The van der Waals surface area contributed by atoms with Crippen molar-refractivity contribution in [2.45, 2.75) is 24.9 Å². The smallest absolute Gasteiger partial charge is 0.127 e. The zero-order chi connectivity index (χ0) is 10.3. The van der Waals surface area contributed by atoms with Crippen LogP contribution in [0.25, 0.3) is 0 Å². The molecule has 2 aliphatic rings. The molecule has 1 atom stereocenters. The minimum absolute atomic E-state index is 0. The zero-order valence-electron chi connectivity index (χ0n) is 9.03. The Morgan fingerprint density at radius 2 is 2.19 bits per heavy atom. The molecule has 0 saturated carbocycles. The summed E-state index contributed by atoms with van der Waals surface area (Å²) in [5, 5.41) is 13.0. The molecule has 0 bridgehead atoms. The average molecular weight is 242 g/mol. The molecule has 3 nitrogen and oxygen atoms in total. The molecular weight excluding hydrogens is 226 g/mol. The highest BCUT2D eigenvalue weighted by Gasteiger charge is 2.39. The van der Waals surface area contributed by atoms with Gasteiger partial charge in [0.25, 0.3) is 0 Å². The van der Waals surface area contributed by atoms with Gasteiger partial charge in [0.05, 0.1) is 0 Å². The summed E-state index contributed by atoms with van der Waals surface area (Å²) in [4.78, 5) is 0. The van der Waals surface area contributed by atoms with Gasteiger partial charge in [-0.1, -0.05) is 6.07 Å². The van der Waals surface area contributed by atoms with Crippen LogP contribution >= 0.6 is 12.4 Å². The van der Waals surface area contributed by atoms with Gasteiger partial charge in [0, 0.05) is 18.5 Å². The predicted molar refractivity (Wildman–Crippen MR) is 64.5 cm³/mol. The van der Waals surface area contributed by atoms with E-state index in [1.807, 2.05) is 12.1 Å². The van der Waals surface area contributed by atoms with E-state index in [1.165, 1.54) is 0 Å². The fourth-order valence-electron chi connectivity index (χ4n) is 2.56. The standard InChI is InChI=1S/C12H15NO2.ClH/c14-10-2-1-3-11-9(10)4-5-12(15-11)6-7-13-8-12;/h1-3,13-14H,4-8H2;1H. The van der Waals surface area contributed by atoms with Crippen molar-refractivity contribution in [2.24, 2.45) is 0 Å². The molecule has 1 aromatic rings.